The Hall–Kier alpha value is -3.06. The van der Waals surface area contributed by atoms with Gasteiger partial charge in [0.2, 0.25) is 0 Å². The van der Waals surface area contributed by atoms with Gasteiger partial charge >= 0.3 is 0 Å². The predicted octanol–water partition coefficient (Wildman–Crippen LogP) is 4.45. The molecular formula is C20H16BrN5O. The van der Waals surface area contributed by atoms with Gasteiger partial charge in [-0.25, -0.2) is 9.67 Å². The molecule has 7 heteroatoms. The fourth-order valence-electron chi connectivity index (χ4n) is 2.99. The molecule has 4 rings (SSSR count). The largest absolute Gasteiger partial charge is 0.320 e. The Morgan fingerprint density at radius 2 is 1.96 bits per heavy atom. The third-order valence-electron chi connectivity index (χ3n) is 4.21. The first-order valence-corrected chi connectivity index (χ1v) is 9.14. The van der Waals surface area contributed by atoms with Crippen LogP contribution in [-0.2, 0) is 0 Å². The van der Waals surface area contributed by atoms with Crippen LogP contribution in [0.15, 0.2) is 59.6 Å². The van der Waals surface area contributed by atoms with E-state index in [0.29, 0.717) is 11.3 Å². The Morgan fingerprint density at radius 3 is 2.74 bits per heavy atom. The minimum Gasteiger partial charge on any atom is -0.320 e. The molecular weight excluding hydrogens is 406 g/mol. The van der Waals surface area contributed by atoms with Crippen molar-refractivity contribution in [1.29, 1.82) is 0 Å². The van der Waals surface area contributed by atoms with Crippen molar-refractivity contribution in [2.75, 3.05) is 5.32 Å². The van der Waals surface area contributed by atoms with Gasteiger partial charge < -0.3 is 5.32 Å². The molecule has 0 spiro atoms. The number of hydrogen-bond donors (Lipinski definition) is 1. The fraction of sp³-hybridized carbons (Fsp3) is 0.100. The van der Waals surface area contributed by atoms with Crippen molar-refractivity contribution in [2.24, 2.45) is 0 Å². The smallest absolute Gasteiger partial charge is 0.256 e. The van der Waals surface area contributed by atoms with Gasteiger partial charge in [-0.15, -0.1) is 0 Å². The lowest BCUT2D eigenvalue weighted by Gasteiger charge is -2.13. The Kier molecular flexibility index (Phi) is 4.45. The molecule has 0 radical (unpaired) electrons. The van der Waals surface area contributed by atoms with E-state index in [2.05, 4.69) is 36.3 Å². The molecule has 2 aromatic carbocycles. The summed E-state index contributed by atoms with van der Waals surface area (Å²) in [5.74, 6) is -0.199. The highest BCUT2D eigenvalue weighted by Crippen LogP contribution is 2.26. The SMILES string of the molecule is Cc1ccc2nc(C)cc(C(=O)Nc3cc(Br)ccc3-n3cncn3)c2c1. The second-order valence-corrected chi connectivity index (χ2v) is 7.20. The summed E-state index contributed by atoms with van der Waals surface area (Å²) in [6, 6.07) is 13.3. The standard InChI is InChI=1S/C20H16BrN5O/c1-12-3-5-17-15(7-12)16(8-13(2)24-17)20(27)25-18-9-14(21)4-6-19(18)26-11-22-10-23-26/h3-11H,1-2H3,(H,25,27). The van der Waals surface area contributed by atoms with E-state index in [1.54, 1.807) is 11.0 Å². The number of pyridine rings is 1. The molecule has 2 heterocycles. The van der Waals surface area contributed by atoms with Crippen molar-refractivity contribution in [3.8, 4) is 5.69 Å². The van der Waals surface area contributed by atoms with E-state index < -0.39 is 0 Å². The third kappa shape index (κ3) is 3.46. The normalized spacial score (nSPS) is 10.9. The van der Waals surface area contributed by atoms with E-state index in [4.69, 9.17) is 0 Å². The van der Waals surface area contributed by atoms with E-state index in [-0.39, 0.29) is 5.91 Å². The van der Waals surface area contributed by atoms with Gasteiger partial charge in [0.15, 0.2) is 0 Å². The maximum atomic E-state index is 13.1. The molecule has 0 saturated heterocycles. The summed E-state index contributed by atoms with van der Waals surface area (Å²) in [6.07, 6.45) is 3.05. The first-order chi connectivity index (χ1) is 13.0. The number of carbonyl (C=O) groups is 1. The zero-order chi connectivity index (χ0) is 19.0. The highest BCUT2D eigenvalue weighted by Gasteiger charge is 2.15. The number of halogens is 1. The Balaban J connectivity index is 1.79. The summed E-state index contributed by atoms with van der Waals surface area (Å²) in [5, 5.41) is 8.00. The molecule has 4 aromatic rings. The molecule has 0 bridgehead atoms. The lowest BCUT2D eigenvalue weighted by Crippen LogP contribution is -2.15. The van der Waals surface area contributed by atoms with Crippen LogP contribution >= 0.6 is 15.9 Å². The number of amides is 1. The van der Waals surface area contributed by atoms with Crippen molar-refractivity contribution in [1.82, 2.24) is 19.7 Å². The van der Waals surface area contributed by atoms with Crippen LogP contribution in [0.5, 0.6) is 0 Å². The van der Waals surface area contributed by atoms with Gasteiger partial charge in [0.1, 0.15) is 12.7 Å². The molecule has 0 aliphatic carbocycles. The summed E-state index contributed by atoms with van der Waals surface area (Å²) in [6.45, 7) is 3.88. The average molecular weight is 422 g/mol. The maximum absolute atomic E-state index is 13.1. The van der Waals surface area contributed by atoms with E-state index in [1.807, 2.05) is 56.3 Å². The summed E-state index contributed by atoms with van der Waals surface area (Å²) in [4.78, 5) is 21.6. The molecule has 0 unspecified atom stereocenters. The van der Waals surface area contributed by atoms with Crippen LogP contribution in [0.25, 0.3) is 16.6 Å². The van der Waals surface area contributed by atoms with Crippen LogP contribution in [0.2, 0.25) is 0 Å². The topological polar surface area (TPSA) is 72.7 Å². The van der Waals surface area contributed by atoms with Crippen molar-refractivity contribution in [2.45, 2.75) is 13.8 Å². The number of nitrogens with zero attached hydrogens (tertiary/aromatic N) is 4. The number of fused-ring (bicyclic) bond motifs is 1. The minimum atomic E-state index is -0.199. The lowest BCUT2D eigenvalue weighted by atomic mass is 10.0. The monoisotopic (exact) mass is 421 g/mol. The average Bonchev–Trinajstić information content (AvgIpc) is 3.16. The van der Waals surface area contributed by atoms with Crippen LogP contribution in [0.1, 0.15) is 21.6 Å². The van der Waals surface area contributed by atoms with Gasteiger partial charge in [0.05, 0.1) is 22.5 Å². The zero-order valence-corrected chi connectivity index (χ0v) is 16.4. The van der Waals surface area contributed by atoms with Crippen molar-refractivity contribution in [3.05, 3.63) is 76.4 Å². The number of hydrogen-bond acceptors (Lipinski definition) is 4. The van der Waals surface area contributed by atoms with Crippen molar-refractivity contribution < 1.29 is 4.79 Å². The number of aromatic nitrogens is 4. The molecule has 134 valence electrons. The number of carbonyl (C=O) groups excluding carboxylic acids is 1. The summed E-state index contributed by atoms with van der Waals surface area (Å²) in [7, 11) is 0. The van der Waals surface area contributed by atoms with Crippen molar-refractivity contribution in [3.63, 3.8) is 0 Å². The Morgan fingerprint density at radius 1 is 1.11 bits per heavy atom. The molecule has 6 nitrogen and oxygen atoms in total. The second kappa shape index (κ2) is 6.92. The van der Waals surface area contributed by atoms with Crippen molar-refractivity contribution >= 4 is 38.4 Å². The number of nitrogens with one attached hydrogen (secondary N) is 1. The molecule has 27 heavy (non-hydrogen) atoms. The van der Waals surface area contributed by atoms with Gasteiger partial charge in [0, 0.05) is 15.6 Å². The first-order valence-electron chi connectivity index (χ1n) is 8.35. The highest BCUT2D eigenvalue weighted by molar-refractivity contribution is 9.10. The zero-order valence-electron chi connectivity index (χ0n) is 14.8. The lowest BCUT2D eigenvalue weighted by molar-refractivity contribution is 0.102. The van der Waals surface area contributed by atoms with Gasteiger partial charge in [-0.3, -0.25) is 9.78 Å². The number of rotatable bonds is 3. The molecule has 0 fully saturated rings. The quantitative estimate of drug-likeness (QED) is 0.530. The van der Waals surface area contributed by atoms with E-state index in [1.165, 1.54) is 6.33 Å². The summed E-state index contributed by atoms with van der Waals surface area (Å²) < 4.78 is 2.47. The number of benzene rings is 2. The summed E-state index contributed by atoms with van der Waals surface area (Å²) >= 11 is 3.46. The van der Waals surface area contributed by atoms with Gasteiger partial charge in [0.25, 0.3) is 5.91 Å². The van der Waals surface area contributed by atoms with Gasteiger partial charge in [-0.05, 0) is 50.2 Å². The minimum absolute atomic E-state index is 0.199. The molecule has 0 atom stereocenters. The van der Waals surface area contributed by atoms with E-state index in [9.17, 15) is 4.79 Å². The van der Waals surface area contributed by atoms with Gasteiger partial charge in [-0.1, -0.05) is 27.6 Å². The maximum Gasteiger partial charge on any atom is 0.256 e. The third-order valence-corrected chi connectivity index (χ3v) is 4.70. The van der Waals surface area contributed by atoms with E-state index in [0.717, 1.165) is 32.3 Å². The van der Waals surface area contributed by atoms with Crippen LogP contribution in [-0.4, -0.2) is 25.7 Å². The van der Waals surface area contributed by atoms with Gasteiger partial charge in [-0.2, -0.15) is 5.10 Å². The predicted molar refractivity (Wildman–Crippen MR) is 108 cm³/mol. The highest BCUT2D eigenvalue weighted by atomic mass is 79.9. The molecule has 0 saturated carbocycles. The summed E-state index contributed by atoms with van der Waals surface area (Å²) in [5.41, 5.74) is 4.63. The van der Waals surface area contributed by atoms with Crippen LogP contribution in [0.3, 0.4) is 0 Å². The van der Waals surface area contributed by atoms with Crippen LogP contribution < -0.4 is 5.32 Å². The van der Waals surface area contributed by atoms with E-state index >= 15 is 0 Å². The molecule has 1 N–H and O–H groups in total. The van der Waals surface area contributed by atoms with Crippen LogP contribution in [0, 0.1) is 13.8 Å². The molecule has 2 aromatic heterocycles. The molecule has 0 aliphatic heterocycles. The molecule has 1 amide bonds. The Bertz CT molecular complexity index is 1150. The second-order valence-electron chi connectivity index (χ2n) is 6.29. The Labute approximate surface area is 164 Å². The van der Waals surface area contributed by atoms with Crippen LogP contribution in [0.4, 0.5) is 5.69 Å². The first kappa shape index (κ1) is 17.4. The fourth-order valence-corrected chi connectivity index (χ4v) is 3.35. The number of aryl methyl sites for hydroxylation is 2. The molecule has 0 aliphatic rings. The number of anilines is 1.